The molecule has 5 heteroatoms. The minimum atomic E-state index is -0.164. The molecule has 0 saturated carbocycles. The highest BCUT2D eigenvalue weighted by molar-refractivity contribution is 9.10. The number of nitrogens with one attached hydrogen (secondary N) is 3. The fraction of sp³-hybridized carbons (Fsp3) is 0.500. The first kappa shape index (κ1) is 8.55. The quantitative estimate of drug-likeness (QED) is 0.682. The monoisotopic (exact) mass is 219 g/mol. The van der Waals surface area contributed by atoms with E-state index in [1.807, 2.05) is 7.05 Å². The van der Waals surface area contributed by atoms with Gasteiger partial charge in [0.15, 0.2) is 0 Å². The molecule has 0 radical (unpaired) electrons. The third-order valence-corrected chi connectivity index (χ3v) is 2.05. The van der Waals surface area contributed by atoms with Crippen LogP contribution in [-0.2, 0) is 6.42 Å². The number of likely N-dealkylation sites (N-methyl/N-ethyl adjacent to an activating group) is 1. The second kappa shape index (κ2) is 3.73. The number of halogens is 1. The van der Waals surface area contributed by atoms with Crippen molar-refractivity contribution in [3.63, 3.8) is 0 Å². The van der Waals surface area contributed by atoms with Crippen molar-refractivity contribution in [2.45, 2.75) is 6.42 Å². The van der Waals surface area contributed by atoms with E-state index < -0.39 is 0 Å². The molecule has 0 aliphatic heterocycles. The van der Waals surface area contributed by atoms with Crippen molar-refractivity contribution >= 4 is 15.9 Å². The van der Waals surface area contributed by atoms with Gasteiger partial charge in [-0.15, -0.1) is 0 Å². The van der Waals surface area contributed by atoms with Gasteiger partial charge < -0.3 is 15.3 Å². The summed E-state index contributed by atoms with van der Waals surface area (Å²) in [6, 6.07) is 0. The van der Waals surface area contributed by atoms with Gasteiger partial charge in [-0.25, -0.2) is 4.79 Å². The Morgan fingerprint density at radius 3 is 2.73 bits per heavy atom. The van der Waals surface area contributed by atoms with Crippen molar-refractivity contribution in [3.05, 3.63) is 20.8 Å². The normalized spacial score (nSPS) is 10.4. The number of aromatic nitrogens is 2. The number of imidazole rings is 1. The van der Waals surface area contributed by atoms with E-state index in [0.29, 0.717) is 0 Å². The lowest BCUT2D eigenvalue weighted by Crippen LogP contribution is -2.11. The lowest BCUT2D eigenvalue weighted by Gasteiger charge is -1.95. The maximum Gasteiger partial charge on any atom is 0.323 e. The Balaban J connectivity index is 2.69. The fourth-order valence-corrected chi connectivity index (χ4v) is 1.30. The molecule has 0 saturated heterocycles. The molecule has 62 valence electrons. The zero-order valence-corrected chi connectivity index (χ0v) is 7.79. The minimum absolute atomic E-state index is 0.164. The molecule has 4 nitrogen and oxygen atoms in total. The van der Waals surface area contributed by atoms with Gasteiger partial charge >= 0.3 is 5.69 Å². The summed E-state index contributed by atoms with van der Waals surface area (Å²) in [5.74, 6) is 0. The van der Waals surface area contributed by atoms with Crippen molar-refractivity contribution < 1.29 is 0 Å². The predicted molar refractivity (Wildman–Crippen MR) is 46.7 cm³/mol. The van der Waals surface area contributed by atoms with Gasteiger partial charge in [-0.2, -0.15) is 0 Å². The van der Waals surface area contributed by atoms with Crippen LogP contribution in [0.2, 0.25) is 0 Å². The van der Waals surface area contributed by atoms with E-state index in [2.05, 4.69) is 31.2 Å². The Hall–Kier alpha value is -0.550. The smallest absolute Gasteiger partial charge is 0.319 e. The van der Waals surface area contributed by atoms with Gasteiger partial charge in [-0.3, -0.25) is 0 Å². The molecule has 1 rings (SSSR count). The van der Waals surface area contributed by atoms with E-state index in [1.54, 1.807) is 0 Å². The van der Waals surface area contributed by atoms with Crippen LogP contribution in [-0.4, -0.2) is 23.6 Å². The van der Waals surface area contributed by atoms with E-state index in [9.17, 15) is 4.79 Å². The first-order valence-electron chi connectivity index (χ1n) is 3.35. The fourth-order valence-electron chi connectivity index (χ4n) is 0.821. The van der Waals surface area contributed by atoms with Gasteiger partial charge in [0.2, 0.25) is 0 Å². The van der Waals surface area contributed by atoms with E-state index in [1.165, 1.54) is 0 Å². The summed E-state index contributed by atoms with van der Waals surface area (Å²) >= 11 is 3.23. The molecule has 0 unspecified atom stereocenters. The summed E-state index contributed by atoms with van der Waals surface area (Å²) in [6.07, 6.45) is 0.815. The average Bonchev–Trinajstić information content (AvgIpc) is 2.26. The van der Waals surface area contributed by atoms with Crippen molar-refractivity contribution in [2.75, 3.05) is 13.6 Å². The van der Waals surface area contributed by atoms with Gasteiger partial charge in [0.1, 0.15) is 4.60 Å². The highest BCUT2D eigenvalue weighted by Gasteiger charge is 2.01. The van der Waals surface area contributed by atoms with Crippen molar-refractivity contribution in [1.29, 1.82) is 0 Å². The van der Waals surface area contributed by atoms with Crippen LogP contribution in [0.5, 0.6) is 0 Å². The van der Waals surface area contributed by atoms with Gasteiger partial charge in [0.05, 0.1) is 5.69 Å². The first-order chi connectivity index (χ1) is 5.24. The Morgan fingerprint density at radius 1 is 1.55 bits per heavy atom. The standard InChI is InChI=1S/C6H10BrN3O/c1-8-3-2-4-5(7)10-6(11)9-4/h8H,2-3H2,1H3,(H2,9,10,11). The summed E-state index contributed by atoms with van der Waals surface area (Å²) in [6.45, 7) is 0.854. The van der Waals surface area contributed by atoms with Crippen LogP contribution in [0, 0.1) is 0 Å². The lowest BCUT2D eigenvalue weighted by atomic mass is 10.3. The molecule has 3 N–H and O–H groups in total. The second-order valence-electron chi connectivity index (χ2n) is 2.23. The summed E-state index contributed by atoms with van der Waals surface area (Å²) < 4.78 is 0.748. The van der Waals surface area contributed by atoms with Crippen molar-refractivity contribution in [2.24, 2.45) is 0 Å². The van der Waals surface area contributed by atoms with Gasteiger partial charge in [-0.05, 0) is 23.0 Å². The van der Waals surface area contributed by atoms with E-state index in [0.717, 1.165) is 23.3 Å². The van der Waals surface area contributed by atoms with Crippen molar-refractivity contribution in [1.82, 2.24) is 15.3 Å². The maximum atomic E-state index is 10.7. The van der Waals surface area contributed by atoms with E-state index in [4.69, 9.17) is 0 Å². The topological polar surface area (TPSA) is 60.7 Å². The molecule has 0 aliphatic rings. The van der Waals surface area contributed by atoms with E-state index in [-0.39, 0.29) is 5.69 Å². The third kappa shape index (κ3) is 2.20. The number of aromatic amines is 2. The molecule has 11 heavy (non-hydrogen) atoms. The van der Waals surface area contributed by atoms with Crippen LogP contribution in [0.4, 0.5) is 0 Å². The van der Waals surface area contributed by atoms with Crippen LogP contribution >= 0.6 is 15.9 Å². The zero-order chi connectivity index (χ0) is 8.27. The Bertz CT molecular complexity index is 278. The molecular weight excluding hydrogens is 210 g/mol. The first-order valence-corrected chi connectivity index (χ1v) is 4.14. The highest BCUT2D eigenvalue weighted by atomic mass is 79.9. The highest BCUT2D eigenvalue weighted by Crippen LogP contribution is 2.07. The van der Waals surface area contributed by atoms with E-state index >= 15 is 0 Å². The van der Waals surface area contributed by atoms with Crippen LogP contribution in [0.1, 0.15) is 5.69 Å². The molecule has 0 atom stereocenters. The summed E-state index contributed by atoms with van der Waals surface area (Å²) in [7, 11) is 1.87. The van der Waals surface area contributed by atoms with Crippen molar-refractivity contribution in [3.8, 4) is 0 Å². The van der Waals surface area contributed by atoms with Crippen LogP contribution in [0.25, 0.3) is 0 Å². The van der Waals surface area contributed by atoms with Crippen LogP contribution in [0.15, 0.2) is 9.40 Å². The summed E-state index contributed by atoms with van der Waals surface area (Å²) in [5.41, 5.74) is 0.743. The Morgan fingerprint density at radius 2 is 2.27 bits per heavy atom. The number of H-pyrrole nitrogens is 2. The predicted octanol–water partition coefficient (Wildman–Crippen LogP) is 0.227. The Labute approximate surface area is 72.5 Å². The summed E-state index contributed by atoms with van der Waals surface area (Å²) in [4.78, 5) is 16.0. The number of rotatable bonds is 3. The molecule has 0 amide bonds. The zero-order valence-electron chi connectivity index (χ0n) is 6.20. The number of hydrogen-bond donors (Lipinski definition) is 3. The molecule has 0 spiro atoms. The largest absolute Gasteiger partial charge is 0.323 e. The maximum absolute atomic E-state index is 10.7. The molecule has 1 aromatic rings. The molecule has 1 heterocycles. The van der Waals surface area contributed by atoms with Crippen LogP contribution in [0.3, 0.4) is 0 Å². The molecule has 0 aliphatic carbocycles. The molecule has 0 aromatic carbocycles. The van der Waals surface area contributed by atoms with Gasteiger partial charge in [0.25, 0.3) is 0 Å². The van der Waals surface area contributed by atoms with Gasteiger partial charge in [-0.1, -0.05) is 0 Å². The SMILES string of the molecule is CNCCc1[nH]c(=O)[nH]c1Br. The molecule has 1 aromatic heterocycles. The van der Waals surface area contributed by atoms with Gasteiger partial charge in [0, 0.05) is 13.0 Å². The Kier molecular flexibility index (Phi) is 2.90. The number of hydrogen-bond acceptors (Lipinski definition) is 2. The minimum Gasteiger partial charge on any atom is -0.319 e. The average molecular weight is 220 g/mol. The second-order valence-corrected chi connectivity index (χ2v) is 3.02. The van der Waals surface area contributed by atoms with Crippen LogP contribution < -0.4 is 11.0 Å². The summed E-state index contributed by atoms with van der Waals surface area (Å²) in [5, 5.41) is 3.00. The molecule has 0 bridgehead atoms. The molecule has 0 fully saturated rings. The third-order valence-electron chi connectivity index (χ3n) is 1.38. The molecular formula is C6H10BrN3O. The lowest BCUT2D eigenvalue weighted by molar-refractivity contribution is 0.776.